The van der Waals surface area contributed by atoms with Gasteiger partial charge in [0.15, 0.2) is 5.82 Å². The van der Waals surface area contributed by atoms with Gasteiger partial charge < -0.3 is 10.2 Å². The first-order valence-corrected chi connectivity index (χ1v) is 13.0. The largest absolute Gasteiger partial charge is 0.453 e. The summed E-state index contributed by atoms with van der Waals surface area (Å²) >= 11 is 0. The van der Waals surface area contributed by atoms with E-state index in [0.717, 1.165) is 30.4 Å². The highest BCUT2D eigenvalue weighted by Crippen LogP contribution is 2.31. The molecule has 8 nitrogen and oxygen atoms in total. The molecule has 2 aromatic heterocycles. The number of halogens is 3. The number of rotatable bonds is 6. The standard InChI is InChI=1S/C27H31F3N8/c1-3-31-35-18(2)23-7-6-8-24(33-23)38-26(34-25(36-38)27(28,29)30)32-21-12-9-19-10-13-22(14-11-20(19)17-21)37-15-4-5-16-37/h3,6-9,12,17,22H,4-5,10-11,13-16H2,1-2H3,(H,32,34,36)/b31-3-,35-18+. The predicted octanol–water partition coefficient (Wildman–Crippen LogP) is 5.58. The number of anilines is 2. The van der Waals surface area contributed by atoms with Crippen molar-refractivity contribution in [1.82, 2.24) is 24.6 Å². The van der Waals surface area contributed by atoms with Gasteiger partial charge in [-0.15, -0.1) is 5.10 Å². The van der Waals surface area contributed by atoms with Gasteiger partial charge in [-0.3, -0.25) is 0 Å². The summed E-state index contributed by atoms with van der Waals surface area (Å²) in [5.74, 6) is -1.12. The number of fused-ring (bicyclic) bond motifs is 1. The maximum absolute atomic E-state index is 13.6. The number of nitrogens with one attached hydrogen (secondary N) is 1. The Morgan fingerprint density at radius 1 is 1.05 bits per heavy atom. The molecule has 0 radical (unpaired) electrons. The monoisotopic (exact) mass is 524 g/mol. The van der Waals surface area contributed by atoms with Crippen LogP contribution in [0.3, 0.4) is 0 Å². The van der Waals surface area contributed by atoms with Gasteiger partial charge in [-0.2, -0.15) is 33.0 Å². The molecule has 0 saturated carbocycles. The third-order valence-corrected chi connectivity index (χ3v) is 7.12. The quantitative estimate of drug-likeness (QED) is 0.259. The third kappa shape index (κ3) is 5.77. The lowest BCUT2D eigenvalue weighted by molar-refractivity contribution is -0.144. The lowest BCUT2D eigenvalue weighted by Crippen LogP contribution is -2.32. The number of aryl methyl sites for hydroxylation is 2. The van der Waals surface area contributed by atoms with E-state index in [1.54, 1.807) is 32.0 Å². The molecule has 3 heterocycles. The van der Waals surface area contributed by atoms with Crippen LogP contribution in [0.25, 0.3) is 5.82 Å². The summed E-state index contributed by atoms with van der Waals surface area (Å²) in [6.45, 7) is 5.82. The van der Waals surface area contributed by atoms with Crippen molar-refractivity contribution in [3.05, 3.63) is 59.0 Å². The SMILES string of the molecule is C/C=N\N=C(/C)c1cccc(-n2nc(C(F)(F)F)nc2Nc2ccc3c(c2)CCC(N2CCCC2)CC3)n1. The van der Waals surface area contributed by atoms with Crippen LogP contribution in [0.4, 0.5) is 24.8 Å². The van der Waals surface area contributed by atoms with Crippen LogP contribution in [0.5, 0.6) is 0 Å². The molecule has 0 amide bonds. The van der Waals surface area contributed by atoms with E-state index in [1.165, 1.54) is 43.3 Å². The zero-order valence-corrected chi connectivity index (χ0v) is 21.5. The van der Waals surface area contributed by atoms with E-state index in [9.17, 15) is 13.2 Å². The minimum Gasteiger partial charge on any atom is -0.324 e. The Hall–Kier alpha value is -3.60. The molecule has 1 unspecified atom stereocenters. The number of likely N-dealkylation sites (tertiary alicyclic amines) is 1. The van der Waals surface area contributed by atoms with Crippen molar-refractivity contribution in [2.45, 2.75) is 64.6 Å². The number of hydrogen-bond acceptors (Lipinski definition) is 7. The number of aromatic nitrogens is 4. The fourth-order valence-corrected chi connectivity index (χ4v) is 5.18. The summed E-state index contributed by atoms with van der Waals surface area (Å²) < 4.78 is 41.9. The molecule has 1 fully saturated rings. The molecule has 5 rings (SSSR count). The van der Waals surface area contributed by atoms with Crippen molar-refractivity contribution < 1.29 is 13.2 Å². The molecule has 38 heavy (non-hydrogen) atoms. The molecule has 2 aliphatic rings. The summed E-state index contributed by atoms with van der Waals surface area (Å²) in [7, 11) is 0. The van der Waals surface area contributed by atoms with Crippen LogP contribution >= 0.6 is 0 Å². The second kappa shape index (κ2) is 11.0. The van der Waals surface area contributed by atoms with Crippen LogP contribution in [0.1, 0.15) is 62.2 Å². The Morgan fingerprint density at radius 2 is 1.82 bits per heavy atom. The van der Waals surface area contributed by atoms with E-state index >= 15 is 0 Å². The highest BCUT2D eigenvalue weighted by atomic mass is 19.4. The van der Waals surface area contributed by atoms with Gasteiger partial charge in [-0.05, 0) is 101 Å². The van der Waals surface area contributed by atoms with Crippen LogP contribution in [0.2, 0.25) is 0 Å². The topological polar surface area (TPSA) is 83.6 Å². The highest BCUT2D eigenvalue weighted by molar-refractivity contribution is 5.97. The second-order valence-corrected chi connectivity index (χ2v) is 9.69. The van der Waals surface area contributed by atoms with Crippen LogP contribution in [-0.4, -0.2) is 55.7 Å². The minimum atomic E-state index is -4.70. The van der Waals surface area contributed by atoms with Gasteiger partial charge in [0.2, 0.25) is 5.95 Å². The van der Waals surface area contributed by atoms with Crippen LogP contribution < -0.4 is 5.32 Å². The molecule has 11 heteroatoms. The summed E-state index contributed by atoms with van der Waals surface area (Å²) in [4.78, 5) is 10.9. The number of hydrogen-bond donors (Lipinski definition) is 1. The molecular weight excluding hydrogens is 493 g/mol. The Morgan fingerprint density at radius 3 is 2.55 bits per heavy atom. The molecule has 200 valence electrons. The Kier molecular flexibility index (Phi) is 7.55. The average Bonchev–Trinajstić information content (AvgIpc) is 3.54. The van der Waals surface area contributed by atoms with Crippen LogP contribution in [0, 0.1) is 0 Å². The average molecular weight is 525 g/mol. The van der Waals surface area contributed by atoms with Crippen molar-refractivity contribution in [3.63, 3.8) is 0 Å². The van der Waals surface area contributed by atoms with E-state index in [1.807, 2.05) is 12.1 Å². The van der Waals surface area contributed by atoms with Gasteiger partial charge in [0.1, 0.15) is 0 Å². The second-order valence-electron chi connectivity index (χ2n) is 9.69. The lowest BCUT2D eigenvalue weighted by Gasteiger charge is -2.25. The third-order valence-electron chi connectivity index (χ3n) is 7.12. The first-order valence-electron chi connectivity index (χ1n) is 13.0. The molecule has 1 atom stereocenters. The van der Waals surface area contributed by atoms with Crippen molar-refractivity contribution in [2.75, 3.05) is 18.4 Å². The van der Waals surface area contributed by atoms with Gasteiger partial charge in [0.05, 0.1) is 11.4 Å². The van der Waals surface area contributed by atoms with Gasteiger partial charge in [0.25, 0.3) is 5.82 Å². The summed E-state index contributed by atoms with van der Waals surface area (Å²) in [5.41, 5.74) is 4.18. The zero-order valence-electron chi connectivity index (χ0n) is 21.5. The molecule has 0 spiro atoms. The highest BCUT2D eigenvalue weighted by Gasteiger charge is 2.37. The number of nitrogens with zero attached hydrogens (tertiary/aromatic N) is 7. The van der Waals surface area contributed by atoms with Gasteiger partial charge in [0, 0.05) is 17.9 Å². The molecular formula is C27H31F3N8. The number of alkyl halides is 3. The summed E-state index contributed by atoms with van der Waals surface area (Å²) in [5, 5.41) is 14.7. The van der Waals surface area contributed by atoms with Crippen molar-refractivity contribution in [3.8, 4) is 5.82 Å². The Bertz CT molecular complexity index is 1340. The molecule has 1 N–H and O–H groups in total. The normalized spacial score (nSPS) is 19.1. The van der Waals surface area contributed by atoms with Crippen LogP contribution in [0.15, 0.2) is 46.6 Å². The molecule has 1 saturated heterocycles. The summed E-state index contributed by atoms with van der Waals surface area (Å²) in [6.07, 6.45) is 3.55. The van der Waals surface area contributed by atoms with Gasteiger partial charge >= 0.3 is 6.18 Å². The summed E-state index contributed by atoms with van der Waals surface area (Å²) in [6, 6.07) is 11.6. The van der Waals surface area contributed by atoms with Crippen molar-refractivity contribution in [2.24, 2.45) is 10.2 Å². The van der Waals surface area contributed by atoms with Gasteiger partial charge in [-0.25, -0.2) is 4.98 Å². The van der Waals surface area contributed by atoms with E-state index in [-0.39, 0.29) is 11.8 Å². The Balaban J connectivity index is 1.43. The number of benzene rings is 1. The molecule has 1 aromatic carbocycles. The Labute approximate surface area is 219 Å². The van der Waals surface area contributed by atoms with E-state index < -0.39 is 12.0 Å². The first-order chi connectivity index (χ1) is 18.3. The first kappa shape index (κ1) is 26.0. The fraction of sp³-hybridized carbons (Fsp3) is 0.444. The number of pyridine rings is 1. The lowest BCUT2D eigenvalue weighted by atomic mass is 10.0. The zero-order chi connectivity index (χ0) is 26.7. The van der Waals surface area contributed by atoms with E-state index in [2.05, 4.69) is 41.6 Å². The molecule has 0 bridgehead atoms. The maximum atomic E-state index is 13.6. The van der Waals surface area contributed by atoms with Crippen molar-refractivity contribution in [1.29, 1.82) is 0 Å². The van der Waals surface area contributed by atoms with Gasteiger partial charge in [-0.1, -0.05) is 12.1 Å². The fourth-order valence-electron chi connectivity index (χ4n) is 5.18. The predicted molar refractivity (Wildman–Crippen MR) is 141 cm³/mol. The van der Waals surface area contributed by atoms with E-state index in [0.29, 0.717) is 23.1 Å². The molecule has 1 aliphatic carbocycles. The molecule has 1 aliphatic heterocycles. The minimum absolute atomic E-state index is 0.0633. The molecule has 3 aromatic rings. The maximum Gasteiger partial charge on any atom is 0.453 e. The van der Waals surface area contributed by atoms with Crippen molar-refractivity contribution >= 4 is 23.6 Å². The smallest absolute Gasteiger partial charge is 0.324 e. The van der Waals surface area contributed by atoms with Crippen LogP contribution in [-0.2, 0) is 19.0 Å². The van der Waals surface area contributed by atoms with E-state index in [4.69, 9.17) is 0 Å².